The number of Topliss-reactive ketones (excluding diaryl/α,β-unsaturated/α-hetero) is 1. The summed E-state index contributed by atoms with van der Waals surface area (Å²) in [5.41, 5.74) is 2.03. The maximum atomic E-state index is 12.9. The highest BCUT2D eigenvalue weighted by Crippen LogP contribution is 2.24. The van der Waals surface area contributed by atoms with Gasteiger partial charge >= 0.3 is 5.97 Å². The number of nitrogens with zero attached hydrogens (tertiary/aromatic N) is 2. The first-order valence-corrected chi connectivity index (χ1v) is 7.35. The fourth-order valence-corrected chi connectivity index (χ4v) is 2.78. The Morgan fingerprint density at radius 1 is 1.35 bits per heavy atom. The minimum atomic E-state index is -0.643. The van der Waals surface area contributed by atoms with Gasteiger partial charge in [0.15, 0.2) is 5.78 Å². The summed E-state index contributed by atoms with van der Waals surface area (Å²) < 4.78 is 6.43. The Bertz CT molecular complexity index is 658. The second-order valence-corrected chi connectivity index (χ2v) is 5.48. The number of hydrogen-bond donors (Lipinski definition) is 0. The van der Waals surface area contributed by atoms with E-state index in [1.54, 1.807) is 38.5 Å². The van der Waals surface area contributed by atoms with Gasteiger partial charge in [-0.15, -0.1) is 6.58 Å². The lowest BCUT2D eigenvalue weighted by Crippen LogP contribution is -2.42. The lowest BCUT2D eigenvalue weighted by Gasteiger charge is -2.26. The summed E-state index contributed by atoms with van der Waals surface area (Å²) in [5.74, 6) is -0.901. The quantitative estimate of drug-likeness (QED) is 0.457. The molecule has 0 saturated carbocycles. The summed E-state index contributed by atoms with van der Waals surface area (Å²) in [5, 5.41) is 0. The molecule has 1 amide bonds. The summed E-state index contributed by atoms with van der Waals surface area (Å²) in [6.45, 7) is 10.5. The van der Waals surface area contributed by atoms with Crippen LogP contribution in [-0.2, 0) is 16.6 Å². The molecule has 1 atom stereocenters. The lowest BCUT2D eigenvalue weighted by atomic mass is 10.00. The van der Waals surface area contributed by atoms with Crippen LogP contribution in [0.25, 0.3) is 0 Å². The molecular weight excluding hydrogens is 296 g/mol. The molecule has 0 radical (unpaired) electrons. The van der Waals surface area contributed by atoms with Crippen molar-refractivity contribution in [1.82, 2.24) is 9.47 Å². The number of carbonyl (C=O) groups excluding carboxylic acids is 3. The SMILES string of the molecule is C=CCN(C(C)=O)[C@@H](C)C(=O)c1c(C)c(C(=O)OC)n(C)c1C. The third kappa shape index (κ3) is 3.36. The van der Waals surface area contributed by atoms with Crippen LogP contribution in [0.2, 0.25) is 0 Å². The van der Waals surface area contributed by atoms with Gasteiger partial charge in [0.05, 0.1) is 13.2 Å². The first kappa shape index (κ1) is 18.7. The Morgan fingerprint density at radius 3 is 2.35 bits per heavy atom. The molecule has 1 rings (SSSR count). The van der Waals surface area contributed by atoms with Gasteiger partial charge < -0.3 is 14.2 Å². The van der Waals surface area contributed by atoms with Gasteiger partial charge in [0.25, 0.3) is 0 Å². The van der Waals surface area contributed by atoms with Gasteiger partial charge in [0.2, 0.25) is 5.91 Å². The Hall–Kier alpha value is -2.37. The standard InChI is InChI=1S/C17H24N2O4/c1-8-9-19(13(5)20)12(4)16(21)14-10(2)15(17(22)23-7)18(6)11(14)3/h8,12H,1,9H2,2-7H3/t12-/m0/s1. The minimum Gasteiger partial charge on any atom is -0.464 e. The van der Waals surface area contributed by atoms with Crippen molar-refractivity contribution in [2.75, 3.05) is 13.7 Å². The highest BCUT2D eigenvalue weighted by molar-refractivity contribution is 6.06. The summed E-state index contributed by atoms with van der Waals surface area (Å²) in [4.78, 5) is 38.0. The smallest absolute Gasteiger partial charge is 0.354 e. The van der Waals surface area contributed by atoms with Gasteiger partial charge in [-0.05, 0) is 26.3 Å². The number of carbonyl (C=O) groups is 3. The van der Waals surface area contributed by atoms with Crippen LogP contribution in [0.1, 0.15) is 46.0 Å². The Balaban J connectivity index is 3.36. The Morgan fingerprint density at radius 2 is 1.91 bits per heavy atom. The summed E-state index contributed by atoms with van der Waals surface area (Å²) in [6, 6.07) is -0.643. The molecule has 23 heavy (non-hydrogen) atoms. The lowest BCUT2D eigenvalue weighted by molar-refractivity contribution is -0.129. The van der Waals surface area contributed by atoms with Crippen molar-refractivity contribution in [2.45, 2.75) is 33.7 Å². The van der Waals surface area contributed by atoms with Crippen LogP contribution in [0.4, 0.5) is 0 Å². The van der Waals surface area contributed by atoms with E-state index in [0.29, 0.717) is 22.5 Å². The van der Waals surface area contributed by atoms with Crippen molar-refractivity contribution in [3.8, 4) is 0 Å². The number of rotatable bonds is 6. The van der Waals surface area contributed by atoms with E-state index in [-0.39, 0.29) is 18.2 Å². The molecule has 126 valence electrons. The average molecular weight is 320 g/mol. The van der Waals surface area contributed by atoms with Crippen LogP contribution >= 0.6 is 0 Å². The number of aromatic nitrogens is 1. The van der Waals surface area contributed by atoms with Crippen molar-refractivity contribution in [3.63, 3.8) is 0 Å². The van der Waals surface area contributed by atoms with E-state index in [2.05, 4.69) is 6.58 Å². The van der Waals surface area contributed by atoms with E-state index in [1.165, 1.54) is 18.9 Å². The molecule has 1 aromatic heterocycles. The number of methoxy groups -OCH3 is 1. The van der Waals surface area contributed by atoms with Crippen LogP contribution < -0.4 is 0 Å². The zero-order chi connectivity index (χ0) is 17.9. The number of ether oxygens (including phenoxy) is 1. The van der Waals surface area contributed by atoms with Crippen molar-refractivity contribution >= 4 is 17.7 Å². The molecule has 1 heterocycles. The van der Waals surface area contributed by atoms with Gasteiger partial charge in [-0.2, -0.15) is 0 Å². The molecule has 0 spiro atoms. The first-order chi connectivity index (χ1) is 10.7. The molecule has 1 aromatic rings. The monoisotopic (exact) mass is 320 g/mol. The van der Waals surface area contributed by atoms with Gasteiger partial charge in [-0.3, -0.25) is 9.59 Å². The molecule has 0 aromatic carbocycles. The second-order valence-electron chi connectivity index (χ2n) is 5.48. The molecule has 0 aliphatic heterocycles. The maximum absolute atomic E-state index is 12.9. The molecule has 0 bridgehead atoms. The summed E-state index contributed by atoms with van der Waals surface area (Å²) >= 11 is 0. The fourth-order valence-electron chi connectivity index (χ4n) is 2.78. The molecule has 0 unspecified atom stereocenters. The van der Waals surface area contributed by atoms with Gasteiger partial charge in [0, 0.05) is 31.8 Å². The normalized spacial score (nSPS) is 11.7. The maximum Gasteiger partial charge on any atom is 0.354 e. The van der Waals surface area contributed by atoms with Crippen molar-refractivity contribution in [1.29, 1.82) is 0 Å². The Labute approximate surface area is 136 Å². The third-order valence-corrected chi connectivity index (χ3v) is 4.13. The predicted molar refractivity (Wildman–Crippen MR) is 87.6 cm³/mol. The second kappa shape index (κ2) is 7.26. The molecule has 0 aliphatic carbocycles. The van der Waals surface area contributed by atoms with E-state index < -0.39 is 12.0 Å². The van der Waals surface area contributed by atoms with Crippen LogP contribution in [0.3, 0.4) is 0 Å². The molecule has 6 heteroatoms. The van der Waals surface area contributed by atoms with E-state index in [1.807, 2.05) is 0 Å². The van der Waals surface area contributed by atoms with E-state index >= 15 is 0 Å². The fraction of sp³-hybridized carbons (Fsp3) is 0.471. The van der Waals surface area contributed by atoms with E-state index in [0.717, 1.165) is 0 Å². The van der Waals surface area contributed by atoms with Crippen molar-refractivity contribution < 1.29 is 19.1 Å². The predicted octanol–water partition coefficient (Wildman–Crippen LogP) is 2.03. The molecule has 0 saturated heterocycles. The average Bonchev–Trinajstić information content (AvgIpc) is 2.72. The van der Waals surface area contributed by atoms with E-state index in [9.17, 15) is 14.4 Å². The number of ketones is 1. The van der Waals surface area contributed by atoms with Gasteiger partial charge in [-0.1, -0.05) is 6.08 Å². The summed E-state index contributed by atoms with van der Waals surface area (Å²) in [7, 11) is 3.01. The molecule has 0 aliphatic rings. The Kier molecular flexibility index (Phi) is 5.90. The van der Waals surface area contributed by atoms with Crippen LogP contribution in [0, 0.1) is 13.8 Å². The number of amides is 1. The molecule has 0 N–H and O–H groups in total. The van der Waals surface area contributed by atoms with Crippen LogP contribution in [-0.4, -0.2) is 46.8 Å². The van der Waals surface area contributed by atoms with Crippen LogP contribution in [0.5, 0.6) is 0 Å². The first-order valence-electron chi connectivity index (χ1n) is 7.35. The van der Waals surface area contributed by atoms with Crippen molar-refractivity contribution in [3.05, 3.63) is 35.2 Å². The highest BCUT2D eigenvalue weighted by atomic mass is 16.5. The van der Waals surface area contributed by atoms with Crippen LogP contribution in [0.15, 0.2) is 12.7 Å². The molecular formula is C17H24N2O4. The zero-order valence-electron chi connectivity index (χ0n) is 14.6. The molecule has 0 fully saturated rings. The zero-order valence-corrected chi connectivity index (χ0v) is 14.6. The third-order valence-electron chi connectivity index (χ3n) is 4.13. The topological polar surface area (TPSA) is 68.6 Å². The number of esters is 1. The van der Waals surface area contributed by atoms with Gasteiger partial charge in [-0.25, -0.2) is 4.79 Å². The summed E-state index contributed by atoms with van der Waals surface area (Å²) in [6.07, 6.45) is 1.58. The van der Waals surface area contributed by atoms with Gasteiger partial charge in [0.1, 0.15) is 5.69 Å². The minimum absolute atomic E-state index is 0.204. The largest absolute Gasteiger partial charge is 0.464 e. The van der Waals surface area contributed by atoms with E-state index in [4.69, 9.17) is 4.74 Å². The van der Waals surface area contributed by atoms with Crippen molar-refractivity contribution in [2.24, 2.45) is 7.05 Å². The number of hydrogen-bond acceptors (Lipinski definition) is 4. The molecule has 6 nitrogen and oxygen atoms in total. The highest BCUT2D eigenvalue weighted by Gasteiger charge is 2.30.